The number of anilines is 1. The Morgan fingerprint density at radius 1 is 1.16 bits per heavy atom. The van der Waals surface area contributed by atoms with Gasteiger partial charge in [-0.05, 0) is 24.5 Å². The molecule has 2 N–H and O–H groups in total. The highest BCUT2D eigenvalue weighted by atomic mass is 16.4. The highest BCUT2D eigenvalue weighted by Crippen LogP contribution is 2.25. The summed E-state index contributed by atoms with van der Waals surface area (Å²) in [6.07, 6.45) is 5.23. The van der Waals surface area contributed by atoms with Crippen LogP contribution in [0.2, 0.25) is 0 Å². The molecule has 0 spiro atoms. The first-order valence-corrected chi connectivity index (χ1v) is 6.77. The highest BCUT2D eigenvalue weighted by molar-refractivity contribution is 5.93. The number of amides is 1. The number of hydrogen-bond donors (Lipinski definition) is 2. The van der Waals surface area contributed by atoms with E-state index in [9.17, 15) is 9.59 Å². The van der Waals surface area contributed by atoms with Gasteiger partial charge in [-0.25, -0.2) is 0 Å². The van der Waals surface area contributed by atoms with Crippen LogP contribution in [0.3, 0.4) is 0 Å². The van der Waals surface area contributed by atoms with Gasteiger partial charge in [0.15, 0.2) is 0 Å². The number of aliphatic carboxylic acids is 1. The van der Waals surface area contributed by atoms with E-state index in [0.717, 1.165) is 25.7 Å². The van der Waals surface area contributed by atoms with Gasteiger partial charge < -0.3 is 10.4 Å². The molecule has 0 bridgehead atoms. The Labute approximate surface area is 112 Å². The second kappa shape index (κ2) is 6.36. The molecule has 1 aliphatic carbocycles. The van der Waals surface area contributed by atoms with Crippen molar-refractivity contribution in [2.45, 2.75) is 38.5 Å². The van der Waals surface area contributed by atoms with E-state index in [-0.39, 0.29) is 18.2 Å². The lowest BCUT2D eigenvalue weighted by Gasteiger charge is -2.21. The second-order valence-electron chi connectivity index (χ2n) is 5.05. The fourth-order valence-corrected chi connectivity index (χ4v) is 2.56. The molecule has 1 fully saturated rings. The lowest BCUT2D eigenvalue weighted by Crippen LogP contribution is -2.25. The summed E-state index contributed by atoms with van der Waals surface area (Å²) in [7, 11) is 0. The lowest BCUT2D eigenvalue weighted by molar-refractivity contribution is -0.136. The molecule has 1 aromatic rings. The predicted molar refractivity (Wildman–Crippen MR) is 73.0 cm³/mol. The predicted octanol–water partition coefficient (Wildman–Crippen LogP) is 2.83. The number of carbonyl (C=O) groups excluding carboxylic acids is 1. The first-order valence-electron chi connectivity index (χ1n) is 6.77. The molecule has 4 nitrogen and oxygen atoms in total. The maximum absolute atomic E-state index is 12.1. The van der Waals surface area contributed by atoms with Gasteiger partial charge in [0.2, 0.25) is 5.91 Å². The summed E-state index contributed by atoms with van der Waals surface area (Å²) >= 11 is 0. The minimum absolute atomic E-state index is 0.0255. The van der Waals surface area contributed by atoms with Crippen LogP contribution in [0, 0.1) is 5.92 Å². The quantitative estimate of drug-likeness (QED) is 0.875. The van der Waals surface area contributed by atoms with Crippen molar-refractivity contribution in [3.8, 4) is 0 Å². The second-order valence-corrected chi connectivity index (χ2v) is 5.05. The van der Waals surface area contributed by atoms with Crippen molar-refractivity contribution in [2.24, 2.45) is 5.92 Å². The Kier molecular flexibility index (Phi) is 4.55. The van der Waals surface area contributed by atoms with Gasteiger partial charge >= 0.3 is 5.97 Å². The van der Waals surface area contributed by atoms with Crippen LogP contribution in [0.25, 0.3) is 0 Å². The maximum Gasteiger partial charge on any atom is 0.307 e. The third kappa shape index (κ3) is 3.81. The molecule has 1 aliphatic rings. The van der Waals surface area contributed by atoms with Gasteiger partial charge in [0.25, 0.3) is 0 Å². The van der Waals surface area contributed by atoms with Crippen LogP contribution in [-0.4, -0.2) is 17.0 Å². The number of para-hydroxylation sites is 1. The fraction of sp³-hybridized carbons (Fsp3) is 0.467. The van der Waals surface area contributed by atoms with Crippen LogP contribution >= 0.6 is 0 Å². The van der Waals surface area contributed by atoms with E-state index in [2.05, 4.69) is 5.32 Å². The van der Waals surface area contributed by atoms with Crippen molar-refractivity contribution >= 4 is 17.6 Å². The van der Waals surface area contributed by atoms with Crippen LogP contribution < -0.4 is 5.32 Å². The summed E-state index contributed by atoms with van der Waals surface area (Å²) in [4.78, 5) is 22.9. The Balaban J connectivity index is 2.05. The lowest BCUT2D eigenvalue weighted by atomic mass is 9.88. The van der Waals surface area contributed by atoms with Gasteiger partial charge in [-0.3, -0.25) is 9.59 Å². The highest BCUT2D eigenvalue weighted by Gasteiger charge is 2.21. The molecule has 0 radical (unpaired) electrons. The summed E-state index contributed by atoms with van der Waals surface area (Å²) in [5.74, 6) is -0.788. The Morgan fingerprint density at radius 3 is 2.53 bits per heavy atom. The van der Waals surface area contributed by atoms with E-state index in [1.165, 1.54) is 6.42 Å². The number of carboxylic acids is 1. The molecule has 102 valence electrons. The zero-order chi connectivity index (χ0) is 13.7. The van der Waals surface area contributed by atoms with Crippen LogP contribution in [-0.2, 0) is 16.0 Å². The van der Waals surface area contributed by atoms with E-state index < -0.39 is 5.97 Å². The molecule has 1 saturated carbocycles. The minimum atomic E-state index is -0.889. The normalized spacial score (nSPS) is 16.0. The van der Waals surface area contributed by atoms with Gasteiger partial charge in [-0.1, -0.05) is 37.5 Å². The molecular formula is C15H19NO3. The average Bonchev–Trinajstić information content (AvgIpc) is 2.41. The number of nitrogens with one attached hydrogen (secondary N) is 1. The van der Waals surface area contributed by atoms with Crippen molar-refractivity contribution in [2.75, 3.05) is 5.32 Å². The van der Waals surface area contributed by atoms with Crippen molar-refractivity contribution in [3.05, 3.63) is 29.8 Å². The molecule has 0 unspecified atom stereocenters. The summed E-state index contributed by atoms with van der Waals surface area (Å²) in [5.41, 5.74) is 1.28. The molecule has 1 aromatic carbocycles. The first kappa shape index (κ1) is 13.6. The van der Waals surface area contributed by atoms with Gasteiger partial charge in [0, 0.05) is 11.6 Å². The first-order chi connectivity index (χ1) is 9.16. The third-order valence-corrected chi connectivity index (χ3v) is 3.59. The molecule has 19 heavy (non-hydrogen) atoms. The van der Waals surface area contributed by atoms with Crippen molar-refractivity contribution < 1.29 is 14.7 Å². The van der Waals surface area contributed by atoms with E-state index in [4.69, 9.17) is 5.11 Å². The summed E-state index contributed by atoms with van der Waals surface area (Å²) in [6.45, 7) is 0. The topological polar surface area (TPSA) is 66.4 Å². The smallest absolute Gasteiger partial charge is 0.307 e. The SMILES string of the molecule is O=C(O)Cc1ccccc1NC(=O)C1CCCCC1. The summed E-state index contributed by atoms with van der Waals surface area (Å²) < 4.78 is 0. The van der Waals surface area contributed by atoms with Crippen molar-refractivity contribution in [1.29, 1.82) is 0 Å². The molecule has 0 atom stereocenters. The Bertz CT molecular complexity index is 464. The molecule has 0 saturated heterocycles. The van der Waals surface area contributed by atoms with E-state index in [0.29, 0.717) is 11.3 Å². The maximum atomic E-state index is 12.1. The Morgan fingerprint density at radius 2 is 1.84 bits per heavy atom. The third-order valence-electron chi connectivity index (χ3n) is 3.59. The fourth-order valence-electron chi connectivity index (χ4n) is 2.56. The van der Waals surface area contributed by atoms with Crippen LogP contribution in [0.5, 0.6) is 0 Å². The average molecular weight is 261 g/mol. The molecule has 1 amide bonds. The van der Waals surface area contributed by atoms with Gasteiger partial charge in [0.05, 0.1) is 6.42 Å². The minimum Gasteiger partial charge on any atom is -0.481 e. The zero-order valence-corrected chi connectivity index (χ0v) is 10.9. The van der Waals surface area contributed by atoms with Gasteiger partial charge in [-0.2, -0.15) is 0 Å². The number of carboxylic acid groups (broad SMARTS) is 1. The number of carbonyl (C=O) groups is 2. The van der Waals surface area contributed by atoms with E-state index in [1.54, 1.807) is 18.2 Å². The van der Waals surface area contributed by atoms with Crippen LogP contribution in [0.15, 0.2) is 24.3 Å². The van der Waals surface area contributed by atoms with Crippen molar-refractivity contribution in [1.82, 2.24) is 0 Å². The number of hydrogen-bond acceptors (Lipinski definition) is 2. The molecule has 4 heteroatoms. The van der Waals surface area contributed by atoms with E-state index >= 15 is 0 Å². The summed E-state index contributed by atoms with van der Waals surface area (Å²) in [6, 6.07) is 7.10. The Hall–Kier alpha value is -1.84. The monoisotopic (exact) mass is 261 g/mol. The molecule has 2 rings (SSSR count). The van der Waals surface area contributed by atoms with Gasteiger partial charge in [0.1, 0.15) is 0 Å². The van der Waals surface area contributed by atoms with E-state index in [1.807, 2.05) is 6.07 Å². The number of rotatable bonds is 4. The molecule has 0 aromatic heterocycles. The largest absolute Gasteiger partial charge is 0.481 e. The molecule has 0 aliphatic heterocycles. The molecular weight excluding hydrogens is 242 g/mol. The standard InChI is InChI=1S/C15H19NO3/c17-14(18)10-12-8-4-5-9-13(12)16-15(19)11-6-2-1-3-7-11/h4-5,8-9,11H,1-3,6-7,10H2,(H,16,19)(H,17,18). The van der Waals surface area contributed by atoms with Crippen molar-refractivity contribution in [3.63, 3.8) is 0 Å². The summed E-state index contributed by atoms with van der Waals surface area (Å²) in [5, 5.41) is 11.7. The van der Waals surface area contributed by atoms with Crippen LogP contribution in [0.4, 0.5) is 5.69 Å². The van der Waals surface area contributed by atoms with Gasteiger partial charge in [-0.15, -0.1) is 0 Å². The number of benzene rings is 1. The molecule has 0 heterocycles. The van der Waals surface area contributed by atoms with Crippen LogP contribution in [0.1, 0.15) is 37.7 Å². The zero-order valence-electron chi connectivity index (χ0n) is 10.9.